The first-order valence-electron chi connectivity index (χ1n) is 7.09. The van der Waals surface area contributed by atoms with E-state index in [1.165, 1.54) is 0 Å². The van der Waals surface area contributed by atoms with Crippen LogP contribution < -0.4 is 19.5 Å². The smallest absolute Gasteiger partial charge is 0.258 e. The van der Waals surface area contributed by atoms with Gasteiger partial charge in [-0.1, -0.05) is 17.7 Å². The van der Waals surface area contributed by atoms with Crippen molar-refractivity contribution in [3.05, 3.63) is 53.6 Å². The summed E-state index contributed by atoms with van der Waals surface area (Å²) in [5.41, 5.74) is 0. The highest BCUT2D eigenvalue weighted by Crippen LogP contribution is 2.17. The molecule has 1 amide bonds. The van der Waals surface area contributed by atoms with Crippen molar-refractivity contribution < 1.29 is 19.0 Å². The van der Waals surface area contributed by atoms with Crippen LogP contribution in [-0.2, 0) is 4.79 Å². The molecule has 0 aliphatic carbocycles. The Balaban J connectivity index is 1.62. The van der Waals surface area contributed by atoms with Crippen LogP contribution in [0.5, 0.6) is 17.2 Å². The van der Waals surface area contributed by atoms with Crippen LogP contribution in [0, 0.1) is 0 Å². The lowest BCUT2D eigenvalue weighted by atomic mass is 10.3. The number of halogens is 1. The lowest BCUT2D eigenvalue weighted by molar-refractivity contribution is -0.123. The highest BCUT2D eigenvalue weighted by atomic mass is 35.5. The fourth-order valence-corrected chi connectivity index (χ4v) is 1.97. The third-order valence-corrected chi connectivity index (χ3v) is 3.15. The molecule has 0 heterocycles. The Hall–Kier alpha value is -2.40. The number of methoxy groups -OCH3 is 1. The van der Waals surface area contributed by atoms with Crippen molar-refractivity contribution in [2.45, 2.75) is 0 Å². The van der Waals surface area contributed by atoms with Gasteiger partial charge in [-0.15, -0.1) is 0 Å². The lowest BCUT2D eigenvalue weighted by Crippen LogP contribution is -2.32. The summed E-state index contributed by atoms with van der Waals surface area (Å²) in [6.07, 6.45) is 0. The molecule has 0 spiro atoms. The predicted molar refractivity (Wildman–Crippen MR) is 88.4 cm³/mol. The Labute approximate surface area is 140 Å². The first-order valence-corrected chi connectivity index (χ1v) is 7.47. The minimum atomic E-state index is -0.219. The second kappa shape index (κ2) is 8.90. The number of carbonyl (C=O) groups is 1. The lowest BCUT2D eigenvalue weighted by Gasteiger charge is -2.09. The zero-order valence-electron chi connectivity index (χ0n) is 12.8. The molecule has 0 bridgehead atoms. The van der Waals surface area contributed by atoms with Gasteiger partial charge in [0.1, 0.15) is 23.9 Å². The third kappa shape index (κ3) is 6.08. The Morgan fingerprint density at radius 1 is 1.04 bits per heavy atom. The number of hydrogen-bond donors (Lipinski definition) is 1. The van der Waals surface area contributed by atoms with Gasteiger partial charge in [0.05, 0.1) is 13.7 Å². The van der Waals surface area contributed by atoms with Crippen LogP contribution in [0.2, 0.25) is 5.02 Å². The summed E-state index contributed by atoms with van der Waals surface area (Å²) in [6.45, 7) is 0.696. The van der Waals surface area contributed by atoms with Crippen LogP contribution in [0.25, 0.3) is 0 Å². The molecule has 6 heteroatoms. The molecule has 0 unspecified atom stereocenters. The summed E-state index contributed by atoms with van der Waals surface area (Å²) < 4.78 is 15.9. The van der Waals surface area contributed by atoms with Gasteiger partial charge in [-0.25, -0.2) is 0 Å². The maximum atomic E-state index is 11.7. The van der Waals surface area contributed by atoms with E-state index in [9.17, 15) is 4.79 Å². The normalized spacial score (nSPS) is 10.0. The van der Waals surface area contributed by atoms with Crippen molar-refractivity contribution in [2.75, 3.05) is 26.9 Å². The van der Waals surface area contributed by atoms with E-state index in [0.717, 1.165) is 11.5 Å². The van der Waals surface area contributed by atoms with Gasteiger partial charge in [0.2, 0.25) is 0 Å². The van der Waals surface area contributed by atoms with E-state index in [4.69, 9.17) is 25.8 Å². The Bertz CT molecular complexity index is 631. The molecule has 5 nitrogen and oxygen atoms in total. The number of hydrogen-bond acceptors (Lipinski definition) is 4. The largest absolute Gasteiger partial charge is 0.497 e. The van der Waals surface area contributed by atoms with Crippen LogP contribution in [-0.4, -0.2) is 32.8 Å². The first kappa shape index (κ1) is 17.0. The number of nitrogens with one attached hydrogen (secondary N) is 1. The molecule has 2 aromatic rings. The summed E-state index contributed by atoms with van der Waals surface area (Å²) in [4.78, 5) is 11.7. The SMILES string of the molecule is COc1ccc(OCCNC(=O)COc2cccc(Cl)c2)cc1. The van der Waals surface area contributed by atoms with Gasteiger partial charge in [-0.05, 0) is 42.5 Å². The molecular formula is C17H18ClNO4. The first-order chi connectivity index (χ1) is 11.2. The van der Waals surface area contributed by atoms with E-state index in [1.54, 1.807) is 31.4 Å². The van der Waals surface area contributed by atoms with Crippen molar-refractivity contribution in [3.8, 4) is 17.2 Å². The number of rotatable bonds is 8. The number of carbonyl (C=O) groups excluding carboxylic acids is 1. The fraction of sp³-hybridized carbons (Fsp3) is 0.235. The molecule has 0 aliphatic rings. The van der Waals surface area contributed by atoms with Crippen LogP contribution in [0.4, 0.5) is 0 Å². The topological polar surface area (TPSA) is 56.8 Å². The van der Waals surface area contributed by atoms with E-state index < -0.39 is 0 Å². The standard InChI is InChI=1S/C17H18ClNO4/c1-21-14-5-7-15(8-6-14)22-10-9-19-17(20)12-23-16-4-2-3-13(18)11-16/h2-8,11H,9-10,12H2,1H3,(H,19,20). The van der Waals surface area contributed by atoms with E-state index in [0.29, 0.717) is 23.9 Å². The average Bonchev–Trinajstić information content (AvgIpc) is 2.57. The summed E-state index contributed by atoms with van der Waals surface area (Å²) in [7, 11) is 1.61. The van der Waals surface area contributed by atoms with E-state index in [2.05, 4.69) is 5.32 Å². The molecule has 2 aromatic carbocycles. The summed E-state index contributed by atoms with van der Waals surface area (Å²) in [5, 5.41) is 3.28. The van der Waals surface area contributed by atoms with Crippen LogP contribution >= 0.6 is 11.6 Å². The van der Waals surface area contributed by atoms with Crippen molar-refractivity contribution in [3.63, 3.8) is 0 Å². The molecule has 0 radical (unpaired) electrons. The summed E-state index contributed by atoms with van der Waals surface area (Å²) >= 11 is 5.83. The molecule has 0 atom stereocenters. The Morgan fingerprint density at radius 2 is 1.78 bits per heavy atom. The molecule has 0 aromatic heterocycles. The van der Waals surface area contributed by atoms with Gasteiger partial charge in [-0.3, -0.25) is 4.79 Å². The van der Waals surface area contributed by atoms with Gasteiger partial charge in [-0.2, -0.15) is 0 Å². The van der Waals surface area contributed by atoms with Crippen LogP contribution in [0.15, 0.2) is 48.5 Å². The second-order valence-electron chi connectivity index (χ2n) is 4.62. The van der Waals surface area contributed by atoms with Crippen molar-refractivity contribution in [1.82, 2.24) is 5.32 Å². The van der Waals surface area contributed by atoms with E-state index >= 15 is 0 Å². The zero-order chi connectivity index (χ0) is 16.5. The van der Waals surface area contributed by atoms with E-state index in [-0.39, 0.29) is 12.5 Å². The predicted octanol–water partition coefficient (Wildman–Crippen LogP) is 2.92. The molecule has 23 heavy (non-hydrogen) atoms. The summed E-state index contributed by atoms with van der Waals surface area (Å²) in [5.74, 6) is 1.82. The average molecular weight is 336 g/mol. The van der Waals surface area contributed by atoms with Gasteiger partial charge in [0, 0.05) is 5.02 Å². The van der Waals surface area contributed by atoms with Crippen molar-refractivity contribution in [1.29, 1.82) is 0 Å². The van der Waals surface area contributed by atoms with Crippen LogP contribution in [0.3, 0.4) is 0 Å². The molecule has 0 saturated heterocycles. The summed E-state index contributed by atoms with van der Waals surface area (Å²) in [6, 6.07) is 14.1. The number of amides is 1. The van der Waals surface area contributed by atoms with Crippen molar-refractivity contribution >= 4 is 17.5 Å². The van der Waals surface area contributed by atoms with Gasteiger partial charge < -0.3 is 19.5 Å². The maximum absolute atomic E-state index is 11.7. The second-order valence-corrected chi connectivity index (χ2v) is 5.06. The Kier molecular flexibility index (Phi) is 6.56. The highest BCUT2D eigenvalue weighted by Gasteiger charge is 2.03. The van der Waals surface area contributed by atoms with Crippen LogP contribution in [0.1, 0.15) is 0 Å². The molecular weight excluding hydrogens is 318 g/mol. The van der Waals surface area contributed by atoms with Gasteiger partial charge >= 0.3 is 0 Å². The molecule has 122 valence electrons. The monoisotopic (exact) mass is 335 g/mol. The van der Waals surface area contributed by atoms with E-state index in [1.807, 2.05) is 24.3 Å². The molecule has 0 aliphatic heterocycles. The third-order valence-electron chi connectivity index (χ3n) is 2.92. The Morgan fingerprint density at radius 3 is 2.48 bits per heavy atom. The van der Waals surface area contributed by atoms with Gasteiger partial charge in [0.15, 0.2) is 6.61 Å². The number of ether oxygens (including phenoxy) is 3. The molecule has 2 rings (SSSR count). The quantitative estimate of drug-likeness (QED) is 0.754. The number of benzene rings is 2. The fourth-order valence-electron chi connectivity index (χ4n) is 1.79. The molecule has 1 N–H and O–H groups in total. The zero-order valence-corrected chi connectivity index (χ0v) is 13.5. The minimum Gasteiger partial charge on any atom is -0.497 e. The minimum absolute atomic E-state index is 0.0666. The van der Waals surface area contributed by atoms with Gasteiger partial charge in [0.25, 0.3) is 5.91 Å². The molecule has 0 fully saturated rings. The van der Waals surface area contributed by atoms with Crippen molar-refractivity contribution in [2.24, 2.45) is 0 Å². The maximum Gasteiger partial charge on any atom is 0.258 e. The highest BCUT2D eigenvalue weighted by molar-refractivity contribution is 6.30. The molecule has 0 saturated carbocycles.